The van der Waals surface area contributed by atoms with Gasteiger partial charge in [-0.2, -0.15) is 0 Å². The fourth-order valence-corrected chi connectivity index (χ4v) is 2.26. The molecule has 0 radical (unpaired) electrons. The second-order valence-electron chi connectivity index (χ2n) is 3.11. The van der Waals surface area contributed by atoms with Crippen molar-refractivity contribution >= 4 is 33.0 Å². The molecule has 78 valence electrons. The lowest BCUT2D eigenvalue weighted by molar-refractivity contribution is 1.09. The number of rotatable bonds is 3. The highest BCUT2D eigenvalue weighted by Crippen LogP contribution is 2.16. The van der Waals surface area contributed by atoms with Gasteiger partial charge in [-0.3, -0.25) is 4.98 Å². The van der Waals surface area contributed by atoms with E-state index in [4.69, 9.17) is 0 Å². The fraction of sp³-hybridized carbons (Fsp3) is 0.200. The first-order valence-corrected chi connectivity index (χ1v) is 6.11. The van der Waals surface area contributed by atoms with Crippen molar-refractivity contribution in [2.24, 2.45) is 0 Å². The topological polar surface area (TPSA) is 37.8 Å². The zero-order valence-corrected chi connectivity index (χ0v) is 10.6. The molecule has 0 saturated heterocycles. The number of hydrogen-bond donors (Lipinski definition) is 1. The Kier molecular flexibility index (Phi) is 3.33. The van der Waals surface area contributed by atoms with Gasteiger partial charge in [0.25, 0.3) is 0 Å². The molecule has 15 heavy (non-hydrogen) atoms. The van der Waals surface area contributed by atoms with E-state index in [1.165, 1.54) is 4.88 Å². The molecular formula is C10H10BrN3S. The summed E-state index contributed by atoms with van der Waals surface area (Å²) in [6.45, 7) is 2.80. The van der Waals surface area contributed by atoms with E-state index < -0.39 is 0 Å². The quantitative estimate of drug-likeness (QED) is 0.940. The highest BCUT2D eigenvalue weighted by atomic mass is 79.9. The standard InChI is InChI=1S/C10H10BrN3S/c1-7-3-14-10(15-7)6-13-9-2-8(11)4-12-5-9/h2-5,13H,6H2,1H3. The number of aryl methyl sites for hydroxylation is 1. The number of nitrogens with zero attached hydrogens (tertiary/aromatic N) is 2. The molecule has 2 aromatic heterocycles. The number of pyridine rings is 1. The first kappa shape index (κ1) is 10.6. The molecule has 1 N–H and O–H groups in total. The van der Waals surface area contributed by atoms with Crippen LogP contribution in [0.15, 0.2) is 29.1 Å². The van der Waals surface area contributed by atoms with Crippen LogP contribution in [-0.2, 0) is 6.54 Å². The van der Waals surface area contributed by atoms with Crippen molar-refractivity contribution in [1.82, 2.24) is 9.97 Å². The van der Waals surface area contributed by atoms with Crippen LogP contribution in [0.3, 0.4) is 0 Å². The second kappa shape index (κ2) is 4.72. The summed E-state index contributed by atoms with van der Waals surface area (Å²) in [5, 5.41) is 4.36. The summed E-state index contributed by atoms with van der Waals surface area (Å²) in [6, 6.07) is 1.99. The molecule has 2 heterocycles. The number of hydrogen-bond acceptors (Lipinski definition) is 4. The SMILES string of the molecule is Cc1cnc(CNc2cncc(Br)c2)s1. The second-order valence-corrected chi connectivity index (χ2v) is 5.35. The van der Waals surface area contributed by atoms with Crippen LogP contribution in [0.1, 0.15) is 9.88 Å². The van der Waals surface area contributed by atoms with E-state index >= 15 is 0 Å². The smallest absolute Gasteiger partial charge is 0.112 e. The number of aromatic nitrogens is 2. The lowest BCUT2D eigenvalue weighted by atomic mass is 10.4. The molecular weight excluding hydrogens is 274 g/mol. The van der Waals surface area contributed by atoms with Crippen molar-refractivity contribution in [3.63, 3.8) is 0 Å². The molecule has 0 aliphatic rings. The molecule has 0 aromatic carbocycles. The van der Waals surface area contributed by atoms with Crippen molar-refractivity contribution in [3.05, 3.63) is 39.0 Å². The van der Waals surface area contributed by atoms with Crippen LogP contribution in [0.2, 0.25) is 0 Å². The largest absolute Gasteiger partial charge is 0.377 e. The van der Waals surface area contributed by atoms with E-state index in [0.717, 1.165) is 21.7 Å². The van der Waals surface area contributed by atoms with Gasteiger partial charge in [-0.1, -0.05) is 0 Å². The van der Waals surface area contributed by atoms with Crippen molar-refractivity contribution < 1.29 is 0 Å². The van der Waals surface area contributed by atoms with Gasteiger partial charge in [0.2, 0.25) is 0 Å². The Balaban J connectivity index is 1.99. The number of thiazole rings is 1. The minimum atomic E-state index is 0.747. The number of halogens is 1. The average Bonchev–Trinajstić information content (AvgIpc) is 2.62. The van der Waals surface area contributed by atoms with Crippen LogP contribution in [0.25, 0.3) is 0 Å². The molecule has 0 amide bonds. The van der Waals surface area contributed by atoms with Gasteiger partial charge in [0, 0.05) is 21.7 Å². The van der Waals surface area contributed by atoms with Crippen molar-refractivity contribution in [2.75, 3.05) is 5.32 Å². The van der Waals surface area contributed by atoms with Crippen LogP contribution in [0.5, 0.6) is 0 Å². The van der Waals surface area contributed by atoms with E-state index in [2.05, 4.69) is 38.1 Å². The van der Waals surface area contributed by atoms with Crippen LogP contribution in [0.4, 0.5) is 5.69 Å². The lowest BCUT2D eigenvalue weighted by Gasteiger charge is -2.03. The Labute approximate surface area is 101 Å². The first-order chi connectivity index (χ1) is 7.24. The van der Waals surface area contributed by atoms with E-state index in [1.54, 1.807) is 23.7 Å². The van der Waals surface area contributed by atoms with Crippen LogP contribution in [0, 0.1) is 6.92 Å². The zero-order chi connectivity index (χ0) is 10.7. The third-order valence-corrected chi connectivity index (χ3v) is 3.16. The third-order valence-electron chi connectivity index (χ3n) is 1.82. The minimum Gasteiger partial charge on any atom is -0.377 e. The first-order valence-electron chi connectivity index (χ1n) is 4.50. The van der Waals surface area contributed by atoms with Crippen molar-refractivity contribution in [1.29, 1.82) is 0 Å². The molecule has 5 heteroatoms. The Morgan fingerprint density at radius 1 is 1.40 bits per heavy atom. The van der Waals surface area contributed by atoms with Gasteiger partial charge in [0.15, 0.2) is 0 Å². The van der Waals surface area contributed by atoms with Gasteiger partial charge in [-0.05, 0) is 28.9 Å². The van der Waals surface area contributed by atoms with Gasteiger partial charge in [0.05, 0.1) is 18.4 Å². The van der Waals surface area contributed by atoms with E-state index in [9.17, 15) is 0 Å². The molecule has 0 atom stereocenters. The monoisotopic (exact) mass is 283 g/mol. The number of anilines is 1. The fourth-order valence-electron chi connectivity index (χ4n) is 1.17. The highest BCUT2D eigenvalue weighted by Gasteiger charge is 1.99. The molecule has 0 fully saturated rings. The third kappa shape index (κ3) is 3.00. The molecule has 2 rings (SSSR count). The van der Waals surface area contributed by atoms with Crippen molar-refractivity contribution in [3.8, 4) is 0 Å². The Morgan fingerprint density at radius 2 is 2.27 bits per heavy atom. The summed E-state index contributed by atoms with van der Waals surface area (Å²) in [5.74, 6) is 0. The summed E-state index contributed by atoms with van der Waals surface area (Å²) >= 11 is 5.08. The summed E-state index contributed by atoms with van der Waals surface area (Å²) < 4.78 is 0.975. The Bertz CT molecular complexity index is 455. The highest BCUT2D eigenvalue weighted by molar-refractivity contribution is 9.10. The van der Waals surface area contributed by atoms with Gasteiger partial charge in [-0.25, -0.2) is 4.98 Å². The lowest BCUT2D eigenvalue weighted by Crippen LogP contribution is -1.98. The van der Waals surface area contributed by atoms with Gasteiger partial charge in [0.1, 0.15) is 5.01 Å². The molecule has 0 aliphatic carbocycles. The Hall–Kier alpha value is -0.940. The van der Waals surface area contributed by atoms with Gasteiger partial charge < -0.3 is 5.32 Å². The maximum absolute atomic E-state index is 4.28. The molecule has 0 aliphatic heterocycles. The van der Waals surface area contributed by atoms with E-state index in [1.807, 2.05) is 12.3 Å². The van der Waals surface area contributed by atoms with Gasteiger partial charge >= 0.3 is 0 Å². The van der Waals surface area contributed by atoms with E-state index in [-0.39, 0.29) is 0 Å². The molecule has 0 unspecified atom stereocenters. The summed E-state index contributed by atoms with van der Waals surface area (Å²) in [6.07, 6.45) is 5.45. The molecule has 3 nitrogen and oxygen atoms in total. The molecule has 0 saturated carbocycles. The zero-order valence-electron chi connectivity index (χ0n) is 8.20. The van der Waals surface area contributed by atoms with Gasteiger partial charge in [-0.15, -0.1) is 11.3 Å². The maximum Gasteiger partial charge on any atom is 0.112 e. The maximum atomic E-state index is 4.28. The predicted octanol–water partition coefficient (Wildman–Crippen LogP) is 3.22. The normalized spacial score (nSPS) is 10.3. The van der Waals surface area contributed by atoms with Crippen molar-refractivity contribution in [2.45, 2.75) is 13.5 Å². The summed E-state index contributed by atoms with van der Waals surface area (Å²) in [5.41, 5.74) is 0.997. The molecule has 2 aromatic rings. The predicted molar refractivity (Wildman–Crippen MR) is 66.1 cm³/mol. The Morgan fingerprint density at radius 3 is 2.93 bits per heavy atom. The molecule has 0 bridgehead atoms. The van der Waals surface area contributed by atoms with E-state index in [0.29, 0.717) is 0 Å². The molecule has 0 spiro atoms. The average molecular weight is 284 g/mol. The van der Waals surface area contributed by atoms with Crippen LogP contribution in [-0.4, -0.2) is 9.97 Å². The summed E-state index contributed by atoms with van der Waals surface area (Å²) in [4.78, 5) is 9.59. The number of nitrogens with one attached hydrogen (secondary N) is 1. The minimum absolute atomic E-state index is 0.747. The van der Waals surface area contributed by atoms with Crippen LogP contribution < -0.4 is 5.32 Å². The van der Waals surface area contributed by atoms with Crippen LogP contribution >= 0.6 is 27.3 Å². The summed E-state index contributed by atoms with van der Waals surface area (Å²) in [7, 11) is 0.